The Bertz CT molecular complexity index is 747. The fourth-order valence-electron chi connectivity index (χ4n) is 4.45. The maximum Gasteiger partial charge on any atom is 0.426 e. The molecule has 2 fully saturated rings. The Morgan fingerprint density at radius 1 is 1.00 bits per heavy atom. The average molecular weight is 521 g/mol. The van der Waals surface area contributed by atoms with E-state index in [1.807, 2.05) is 0 Å². The smallest absolute Gasteiger partial charge is 0.426 e. The topological polar surface area (TPSA) is 71.1 Å². The van der Waals surface area contributed by atoms with Crippen LogP contribution in [0, 0.1) is 17.8 Å². The van der Waals surface area contributed by atoms with Gasteiger partial charge in [-0.2, -0.15) is 26.3 Å². The third-order valence-corrected chi connectivity index (χ3v) is 6.29. The summed E-state index contributed by atoms with van der Waals surface area (Å²) in [6.45, 7) is 7.87. The molecule has 4 unspecified atom stereocenters. The predicted octanol–water partition coefficient (Wildman–Crippen LogP) is 5.74. The molecule has 2 aliphatic rings. The van der Waals surface area contributed by atoms with Crippen LogP contribution in [-0.4, -0.2) is 56.0 Å². The Morgan fingerprint density at radius 2 is 1.54 bits per heavy atom. The van der Waals surface area contributed by atoms with Gasteiger partial charge >= 0.3 is 24.3 Å². The fourth-order valence-corrected chi connectivity index (χ4v) is 4.45. The zero-order valence-electron chi connectivity index (χ0n) is 20.8. The molecule has 2 rings (SSSR count). The van der Waals surface area contributed by atoms with E-state index in [1.54, 1.807) is 6.92 Å². The molecular formula is C23H34F6O6. The Hall–Kier alpha value is -1.82. The molecule has 2 aliphatic carbocycles. The summed E-state index contributed by atoms with van der Waals surface area (Å²) < 4.78 is 100. The van der Waals surface area contributed by atoms with E-state index < -0.39 is 48.2 Å². The van der Waals surface area contributed by atoms with E-state index in [0.29, 0.717) is 17.9 Å². The third-order valence-electron chi connectivity index (χ3n) is 6.29. The van der Waals surface area contributed by atoms with E-state index >= 15 is 0 Å². The number of hydrogen-bond donors (Lipinski definition) is 0. The number of ether oxygens (including phenoxy) is 4. The zero-order valence-corrected chi connectivity index (χ0v) is 20.8. The van der Waals surface area contributed by atoms with Gasteiger partial charge in [0.15, 0.2) is 5.79 Å². The molecular weight excluding hydrogens is 486 g/mol. The van der Waals surface area contributed by atoms with Gasteiger partial charge in [-0.25, -0.2) is 4.79 Å². The molecule has 0 N–H and O–H groups in total. The Morgan fingerprint density at radius 3 is 1.86 bits per heavy atom. The molecule has 0 spiro atoms. The molecule has 0 saturated heterocycles. The Labute approximate surface area is 201 Å². The summed E-state index contributed by atoms with van der Waals surface area (Å²) in [7, 11) is 2.27. The first-order valence-electron chi connectivity index (χ1n) is 11.1. The average Bonchev–Trinajstić information content (AvgIpc) is 3.35. The minimum absolute atomic E-state index is 0.100. The number of esters is 2. The molecule has 12 heteroatoms. The van der Waals surface area contributed by atoms with Crippen LogP contribution in [0.2, 0.25) is 0 Å². The molecule has 0 radical (unpaired) electrons. The van der Waals surface area contributed by atoms with Crippen LogP contribution in [0.1, 0.15) is 59.8 Å². The van der Waals surface area contributed by atoms with Gasteiger partial charge in [-0.3, -0.25) is 4.79 Å². The quantitative estimate of drug-likeness (QED) is 0.176. The summed E-state index contributed by atoms with van der Waals surface area (Å²) in [5, 5.41) is 0. The zero-order chi connectivity index (χ0) is 27.4. The van der Waals surface area contributed by atoms with Crippen LogP contribution in [0.15, 0.2) is 12.2 Å². The SMILES string of the molecule is C=C(C)C(=O)OC.COC(C)(C)OC(CC(C)OC(=O)C1CC2CCC1C2)(C(F)(F)F)C(F)(F)F. The van der Waals surface area contributed by atoms with Crippen LogP contribution in [0.25, 0.3) is 0 Å². The van der Waals surface area contributed by atoms with E-state index in [2.05, 4.69) is 20.8 Å². The molecule has 0 amide bonds. The molecule has 204 valence electrons. The van der Waals surface area contributed by atoms with Crippen molar-refractivity contribution >= 4 is 11.9 Å². The number of fused-ring (bicyclic) bond motifs is 2. The number of rotatable bonds is 8. The van der Waals surface area contributed by atoms with Crippen molar-refractivity contribution < 1.29 is 54.9 Å². The number of carbonyl (C=O) groups excluding carboxylic acids is 2. The highest BCUT2D eigenvalue weighted by Crippen LogP contribution is 2.52. The second kappa shape index (κ2) is 11.5. The van der Waals surface area contributed by atoms with Crippen LogP contribution in [-0.2, 0) is 28.5 Å². The minimum Gasteiger partial charge on any atom is -0.466 e. The van der Waals surface area contributed by atoms with Gasteiger partial charge in [-0.1, -0.05) is 13.0 Å². The van der Waals surface area contributed by atoms with Crippen LogP contribution in [0.4, 0.5) is 26.3 Å². The van der Waals surface area contributed by atoms with Gasteiger partial charge < -0.3 is 18.9 Å². The fraction of sp³-hybridized carbons (Fsp3) is 0.826. The van der Waals surface area contributed by atoms with Crippen molar-refractivity contribution in [1.82, 2.24) is 0 Å². The monoisotopic (exact) mass is 520 g/mol. The lowest BCUT2D eigenvalue weighted by molar-refractivity contribution is -0.429. The Balaban J connectivity index is 0.000000762. The first kappa shape index (κ1) is 31.2. The normalized spacial score (nSPS) is 23.3. The second-order valence-electron chi connectivity index (χ2n) is 9.53. The molecule has 35 heavy (non-hydrogen) atoms. The Kier molecular flexibility index (Phi) is 10.2. The highest BCUT2D eigenvalue weighted by atomic mass is 19.4. The molecule has 2 bridgehead atoms. The first-order valence-corrected chi connectivity index (χ1v) is 11.1. The first-order chi connectivity index (χ1) is 15.8. The minimum atomic E-state index is -5.80. The van der Waals surface area contributed by atoms with Crippen molar-refractivity contribution in [1.29, 1.82) is 0 Å². The summed E-state index contributed by atoms with van der Waals surface area (Å²) in [5.74, 6) is -3.22. The number of methoxy groups -OCH3 is 2. The van der Waals surface area contributed by atoms with Gasteiger partial charge in [0, 0.05) is 19.1 Å². The molecule has 0 aliphatic heterocycles. The van der Waals surface area contributed by atoms with E-state index in [-0.39, 0.29) is 11.9 Å². The van der Waals surface area contributed by atoms with Crippen molar-refractivity contribution in [3.63, 3.8) is 0 Å². The van der Waals surface area contributed by atoms with Crippen LogP contribution in [0.3, 0.4) is 0 Å². The van der Waals surface area contributed by atoms with E-state index in [1.165, 1.54) is 7.11 Å². The highest BCUT2D eigenvalue weighted by Gasteiger charge is 2.74. The van der Waals surface area contributed by atoms with Gasteiger partial charge in [0.05, 0.1) is 13.0 Å². The van der Waals surface area contributed by atoms with Crippen molar-refractivity contribution in [2.45, 2.75) is 89.6 Å². The molecule has 6 nitrogen and oxygen atoms in total. The van der Waals surface area contributed by atoms with Crippen LogP contribution < -0.4 is 0 Å². The van der Waals surface area contributed by atoms with E-state index in [0.717, 1.165) is 47.1 Å². The summed E-state index contributed by atoms with van der Waals surface area (Å²) in [5.41, 5.74) is -4.10. The largest absolute Gasteiger partial charge is 0.466 e. The van der Waals surface area contributed by atoms with Gasteiger partial charge in [0.25, 0.3) is 5.60 Å². The molecule has 0 aromatic carbocycles. The number of alkyl halides is 6. The van der Waals surface area contributed by atoms with E-state index in [9.17, 15) is 35.9 Å². The molecule has 0 aromatic heterocycles. The standard InChI is InChI=1S/C18H26F6O4.C5H8O2/c1-10(27-14(25)13-8-11-5-6-12(13)7-11)9-16(17(19,20)21,18(22,23)24)28-15(2,3)26-4;1-4(2)5(6)7-3/h10-13H,5-9H2,1-4H3;1H2,2-3H3. The van der Waals surface area contributed by atoms with Gasteiger partial charge in [-0.15, -0.1) is 0 Å². The second-order valence-corrected chi connectivity index (χ2v) is 9.53. The van der Waals surface area contributed by atoms with Crippen molar-refractivity contribution in [2.75, 3.05) is 14.2 Å². The maximum atomic E-state index is 13.6. The highest BCUT2D eigenvalue weighted by molar-refractivity contribution is 5.86. The number of carbonyl (C=O) groups is 2. The lowest BCUT2D eigenvalue weighted by atomic mass is 9.89. The van der Waals surface area contributed by atoms with E-state index in [4.69, 9.17) is 4.74 Å². The summed E-state index contributed by atoms with van der Waals surface area (Å²) in [6, 6.07) is 0. The predicted molar refractivity (Wildman–Crippen MR) is 113 cm³/mol. The third kappa shape index (κ3) is 7.83. The van der Waals surface area contributed by atoms with Gasteiger partial charge in [-0.05, 0) is 58.8 Å². The lowest BCUT2D eigenvalue weighted by Crippen LogP contribution is -2.63. The number of halogens is 6. The molecule has 0 heterocycles. The van der Waals surface area contributed by atoms with Crippen molar-refractivity contribution in [3.05, 3.63) is 12.2 Å². The molecule has 4 atom stereocenters. The van der Waals surface area contributed by atoms with Gasteiger partial charge in [0.2, 0.25) is 0 Å². The summed E-state index contributed by atoms with van der Waals surface area (Å²) >= 11 is 0. The number of hydrogen-bond acceptors (Lipinski definition) is 6. The summed E-state index contributed by atoms with van der Waals surface area (Å²) in [6.07, 6.45) is -11.6. The van der Waals surface area contributed by atoms with Crippen molar-refractivity contribution in [2.24, 2.45) is 17.8 Å². The van der Waals surface area contributed by atoms with Gasteiger partial charge in [0.1, 0.15) is 6.10 Å². The van der Waals surface area contributed by atoms with Crippen LogP contribution >= 0.6 is 0 Å². The summed E-state index contributed by atoms with van der Waals surface area (Å²) in [4.78, 5) is 22.5. The maximum absolute atomic E-state index is 13.6. The lowest BCUT2D eigenvalue weighted by Gasteiger charge is -2.43. The van der Waals surface area contributed by atoms with Crippen LogP contribution in [0.5, 0.6) is 0 Å². The molecule has 2 saturated carbocycles. The molecule has 0 aromatic rings. The van der Waals surface area contributed by atoms with Crippen molar-refractivity contribution in [3.8, 4) is 0 Å².